The van der Waals surface area contributed by atoms with Crippen molar-refractivity contribution in [2.75, 3.05) is 10.6 Å². The molecule has 3 rings (SSSR count). The van der Waals surface area contributed by atoms with Crippen LogP contribution in [-0.2, 0) is 0 Å². The summed E-state index contributed by atoms with van der Waals surface area (Å²) in [5.41, 5.74) is 2.58. The van der Waals surface area contributed by atoms with Gasteiger partial charge in [0.05, 0.1) is 5.69 Å². The van der Waals surface area contributed by atoms with Gasteiger partial charge in [-0.2, -0.15) is 0 Å². The highest BCUT2D eigenvalue weighted by molar-refractivity contribution is 9.10. The lowest BCUT2D eigenvalue weighted by Gasteiger charge is -2.04. The Morgan fingerprint density at radius 1 is 1.05 bits per heavy atom. The molecule has 0 saturated carbocycles. The van der Waals surface area contributed by atoms with Crippen molar-refractivity contribution >= 4 is 44.1 Å². The van der Waals surface area contributed by atoms with E-state index in [-0.39, 0.29) is 6.03 Å². The van der Waals surface area contributed by atoms with Gasteiger partial charge in [-0.05, 0) is 24.3 Å². The van der Waals surface area contributed by atoms with E-state index in [2.05, 4.69) is 31.5 Å². The fraction of sp³-hybridized carbons (Fsp3) is 0. The van der Waals surface area contributed by atoms with E-state index in [9.17, 15) is 4.79 Å². The first-order valence-corrected chi connectivity index (χ1v) is 8.22. The molecular formula is C16H12BrN3OS. The molecule has 2 aromatic carbocycles. The molecule has 0 aliphatic heterocycles. The summed E-state index contributed by atoms with van der Waals surface area (Å²) in [5, 5.41) is 7.97. The van der Waals surface area contributed by atoms with Crippen molar-refractivity contribution < 1.29 is 4.79 Å². The van der Waals surface area contributed by atoms with E-state index in [0.717, 1.165) is 21.4 Å². The van der Waals surface area contributed by atoms with E-state index >= 15 is 0 Å². The van der Waals surface area contributed by atoms with Crippen molar-refractivity contribution in [3.63, 3.8) is 0 Å². The molecule has 22 heavy (non-hydrogen) atoms. The molecule has 110 valence electrons. The summed E-state index contributed by atoms with van der Waals surface area (Å²) < 4.78 is 0.995. The zero-order valence-corrected chi connectivity index (χ0v) is 13.8. The lowest BCUT2D eigenvalue weighted by molar-refractivity contribution is 0.262. The van der Waals surface area contributed by atoms with Crippen LogP contribution < -0.4 is 10.6 Å². The summed E-state index contributed by atoms with van der Waals surface area (Å²) in [6.45, 7) is 0. The van der Waals surface area contributed by atoms with Crippen LogP contribution in [0.15, 0.2) is 64.5 Å². The molecule has 3 aromatic rings. The van der Waals surface area contributed by atoms with E-state index in [1.54, 1.807) is 0 Å². The Labute approximate surface area is 140 Å². The first-order chi connectivity index (χ1) is 10.7. The van der Waals surface area contributed by atoms with E-state index in [0.29, 0.717) is 5.13 Å². The van der Waals surface area contributed by atoms with Crippen LogP contribution in [0.1, 0.15) is 0 Å². The third kappa shape index (κ3) is 3.72. The summed E-state index contributed by atoms with van der Waals surface area (Å²) in [4.78, 5) is 16.3. The fourth-order valence-corrected chi connectivity index (χ4v) is 3.01. The normalized spacial score (nSPS) is 10.2. The quantitative estimate of drug-likeness (QED) is 0.661. The number of halogens is 1. The Hall–Kier alpha value is -2.18. The number of aromatic nitrogens is 1. The second-order valence-electron chi connectivity index (χ2n) is 4.49. The number of rotatable bonds is 3. The molecule has 0 spiro atoms. The highest BCUT2D eigenvalue weighted by Gasteiger charge is 2.08. The zero-order valence-electron chi connectivity index (χ0n) is 11.4. The minimum absolute atomic E-state index is 0.304. The number of urea groups is 1. The molecule has 2 N–H and O–H groups in total. The van der Waals surface area contributed by atoms with E-state index in [1.807, 2.05) is 60.0 Å². The number of carbonyl (C=O) groups excluding carboxylic acids is 1. The zero-order chi connectivity index (χ0) is 15.4. The minimum Gasteiger partial charge on any atom is -0.308 e. The van der Waals surface area contributed by atoms with Gasteiger partial charge in [-0.1, -0.05) is 46.3 Å². The Kier molecular flexibility index (Phi) is 4.50. The molecule has 0 atom stereocenters. The number of nitrogens with one attached hydrogen (secondary N) is 2. The monoisotopic (exact) mass is 373 g/mol. The van der Waals surface area contributed by atoms with Gasteiger partial charge in [-0.15, -0.1) is 11.3 Å². The Balaban J connectivity index is 1.68. The Bertz CT molecular complexity index is 789. The van der Waals surface area contributed by atoms with Crippen LogP contribution in [0.3, 0.4) is 0 Å². The van der Waals surface area contributed by atoms with Gasteiger partial charge >= 0.3 is 6.03 Å². The van der Waals surface area contributed by atoms with Crippen molar-refractivity contribution in [3.05, 3.63) is 64.5 Å². The van der Waals surface area contributed by atoms with Crippen LogP contribution in [0.25, 0.3) is 11.3 Å². The van der Waals surface area contributed by atoms with E-state index in [1.165, 1.54) is 11.3 Å². The van der Waals surface area contributed by atoms with Gasteiger partial charge in [0.2, 0.25) is 0 Å². The maximum absolute atomic E-state index is 11.9. The maximum atomic E-state index is 11.9. The minimum atomic E-state index is -0.304. The largest absolute Gasteiger partial charge is 0.325 e. The number of anilines is 2. The number of hydrogen-bond acceptors (Lipinski definition) is 3. The van der Waals surface area contributed by atoms with Gasteiger partial charge in [-0.3, -0.25) is 5.32 Å². The lowest BCUT2D eigenvalue weighted by Crippen LogP contribution is -2.19. The Morgan fingerprint density at radius 3 is 2.64 bits per heavy atom. The van der Waals surface area contributed by atoms with Gasteiger partial charge in [-0.25, -0.2) is 9.78 Å². The first-order valence-electron chi connectivity index (χ1n) is 6.55. The predicted octanol–water partition coefficient (Wildman–Crippen LogP) is 5.22. The number of carbonyl (C=O) groups is 1. The highest BCUT2D eigenvalue weighted by atomic mass is 79.9. The fourth-order valence-electron chi connectivity index (χ4n) is 1.89. The highest BCUT2D eigenvalue weighted by Crippen LogP contribution is 2.26. The maximum Gasteiger partial charge on any atom is 0.325 e. The molecule has 0 saturated heterocycles. The standard InChI is InChI=1S/C16H12BrN3OS/c17-12-6-4-5-11(9-12)14-10-22-16(19-14)20-15(21)18-13-7-2-1-3-8-13/h1-10H,(H2,18,19,20,21). The third-order valence-corrected chi connectivity index (χ3v) is 4.13. The number of thiazole rings is 1. The third-order valence-electron chi connectivity index (χ3n) is 2.88. The SMILES string of the molecule is O=C(Nc1ccccc1)Nc1nc(-c2cccc(Br)c2)cs1. The first kappa shape index (κ1) is 14.7. The summed E-state index contributed by atoms with van der Waals surface area (Å²) in [5.74, 6) is 0. The lowest BCUT2D eigenvalue weighted by atomic mass is 10.2. The molecule has 2 amide bonds. The van der Waals surface area contributed by atoms with Crippen LogP contribution >= 0.6 is 27.3 Å². The second kappa shape index (κ2) is 6.72. The topological polar surface area (TPSA) is 54.0 Å². The summed E-state index contributed by atoms with van der Waals surface area (Å²) in [6.07, 6.45) is 0. The Morgan fingerprint density at radius 2 is 1.86 bits per heavy atom. The molecule has 0 fully saturated rings. The summed E-state index contributed by atoms with van der Waals surface area (Å²) >= 11 is 4.83. The molecule has 0 aliphatic carbocycles. The number of para-hydroxylation sites is 1. The van der Waals surface area contributed by atoms with E-state index in [4.69, 9.17) is 0 Å². The molecule has 0 unspecified atom stereocenters. The summed E-state index contributed by atoms with van der Waals surface area (Å²) in [7, 11) is 0. The second-order valence-corrected chi connectivity index (χ2v) is 6.27. The molecule has 6 heteroatoms. The summed E-state index contributed by atoms with van der Waals surface area (Å²) in [6, 6.07) is 16.9. The molecule has 0 radical (unpaired) electrons. The van der Waals surface area contributed by atoms with Crippen LogP contribution in [0.2, 0.25) is 0 Å². The number of nitrogens with zero attached hydrogens (tertiary/aromatic N) is 1. The number of amides is 2. The average Bonchev–Trinajstić information content (AvgIpc) is 2.96. The van der Waals surface area contributed by atoms with Crippen LogP contribution in [0.5, 0.6) is 0 Å². The van der Waals surface area contributed by atoms with Crippen LogP contribution in [0.4, 0.5) is 15.6 Å². The van der Waals surface area contributed by atoms with Crippen molar-refractivity contribution in [2.45, 2.75) is 0 Å². The number of benzene rings is 2. The molecule has 0 bridgehead atoms. The van der Waals surface area contributed by atoms with Gasteiger partial charge in [0.1, 0.15) is 0 Å². The molecule has 1 aromatic heterocycles. The smallest absolute Gasteiger partial charge is 0.308 e. The predicted molar refractivity (Wildman–Crippen MR) is 94.3 cm³/mol. The molecular weight excluding hydrogens is 362 g/mol. The number of hydrogen-bond donors (Lipinski definition) is 2. The molecule has 1 heterocycles. The van der Waals surface area contributed by atoms with Crippen molar-refractivity contribution in [3.8, 4) is 11.3 Å². The van der Waals surface area contributed by atoms with Gasteiger partial charge in [0, 0.05) is 21.1 Å². The van der Waals surface area contributed by atoms with Crippen LogP contribution in [-0.4, -0.2) is 11.0 Å². The molecule has 0 aliphatic rings. The van der Waals surface area contributed by atoms with Gasteiger partial charge in [0.25, 0.3) is 0 Å². The van der Waals surface area contributed by atoms with Gasteiger partial charge < -0.3 is 5.32 Å². The van der Waals surface area contributed by atoms with Crippen molar-refractivity contribution in [2.24, 2.45) is 0 Å². The van der Waals surface area contributed by atoms with Gasteiger partial charge in [0.15, 0.2) is 5.13 Å². The van der Waals surface area contributed by atoms with Crippen LogP contribution in [0, 0.1) is 0 Å². The van der Waals surface area contributed by atoms with E-state index < -0.39 is 0 Å². The molecule has 4 nitrogen and oxygen atoms in total. The van der Waals surface area contributed by atoms with Crippen molar-refractivity contribution in [1.82, 2.24) is 4.98 Å². The van der Waals surface area contributed by atoms with Crippen molar-refractivity contribution in [1.29, 1.82) is 0 Å². The average molecular weight is 374 g/mol.